The van der Waals surface area contributed by atoms with Crippen LogP contribution in [0.3, 0.4) is 0 Å². The summed E-state index contributed by atoms with van der Waals surface area (Å²) in [5.41, 5.74) is 1.77. The highest BCUT2D eigenvalue weighted by molar-refractivity contribution is 6.08. The van der Waals surface area contributed by atoms with Crippen LogP contribution in [-0.2, 0) is 0 Å². The first kappa shape index (κ1) is 18.9. The first-order valence-corrected chi connectivity index (χ1v) is 9.07. The number of aromatic hydroxyl groups is 3. The van der Waals surface area contributed by atoms with Gasteiger partial charge in [0.15, 0.2) is 17.2 Å². The van der Waals surface area contributed by atoms with Crippen molar-refractivity contribution in [3.05, 3.63) is 41.5 Å². The number of ether oxygens (including phenoxy) is 1. The number of amides is 1. The molecule has 1 aliphatic rings. The van der Waals surface area contributed by atoms with Crippen molar-refractivity contribution in [2.45, 2.75) is 39.7 Å². The summed E-state index contributed by atoms with van der Waals surface area (Å²) in [5, 5.41) is 29.1. The lowest BCUT2D eigenvalue weighted by Gasteiger charge is -2.38. The lowest BCUT2D eigenvalue weighted by Crippen LogP contribution is -2.46. The van der Waals surface area contributed by atoms with Crippen LogP contribution in [0.1, 0.15) is 49.5 Å². The molecule has 1 atom stereocenters. The molecule has 0 saturated heterocycles. The van der Waals surface area contributed by atoms with E-state index < -0.39 is 17.2 Å². The average Bonchev–Trinajstić information content (AvgIpc) is 2.63. The number of hydrogen-bond acceptors (Lipinski definition) is 5. The monoisotopic (exact) mass is 371 g/mol. The summed E-state index contributed by atoms with van der Waals surface area (Å²) >= 11 is 0. The number of anilines is 1. The topological polar surface area (TPSA) is 90.2 Å². The Morgan fingerprint density at radius 3 is 2.30 bits per heavy atom. The largest absolute Gasteiger partial charge is 0.504 e. The van der Waals surface area contributed by atoms with E-state index in [0.717, 1.165) is 17.7 Å². The Balaban J connectivity index is 2.10. The standard InChI is InChI=1S/C21H25NO5/c1-11(2)14-6-5-7-15-20(14)27-18(12(3)4)10-22(15)21(26)13-8-16(23)19(25)17(24)9-13/h5-9,11-12,18,23-25H,10H2,1-4H3. The molecule has 0 fully saturated rings. The van der Waals surface area contributed by atoms with Crippen molar-refractivity contribution in [3.8, 4) is 23.0 Å². The number of carbonyl (C=O) groups excluding carboxylic acids is 1. The Morgan fingerprint density at radius 1 is 1.11 bits per heavy atom. The fraction of sp³-hybridized carbons (Fsp3) is 0.381. The Labute approximate surface area is 158 Å². The normalized spacial score (nSPS) is 16.4. The maximum Gasteiger partial charge on any atom is 0.258 e. The van der Waals surface area contributed by atoms with Gasteiger partial charge in [-0.15, -0.1) is 0 Å². The minimum absolute atomic E-state index is 0.0908. The molecule has 27 heavy (non-hydrogen) atoms. The molecule has 0 bridgehead atoms. The highest BCUT2D eigenvalue weighted by Gasteiger charge is 2.34. The van der Waals surface area contributed by atoms with E-state index >= 15 is 0 Å². The van der Waals surface area contributed by atoms with Gasteiger partial charge in [-0.25, -0.2) is 0 Å². The number of nitrogens with zero attached hydrogens (tertiary/aromatic N) is 1. The van der Waals surface area contributed by atoms with Crippen LogP contribution in [0.4, 0.5) is 5.69 Å². The van der Waals surface area contributed by atoms with Crippen LogP contribution in [0.15, 0.2) is 30.3 Å². The number of para-hydroxylation sites is 1. The summed E-state index contributed by atoms with van der Waals surface area (Å²) in [4.78, 5) is 14.8. The third-order valence-electron chi connectivity index (χ3n) is 4.87. The van der Waals surface area contributed by atoms with Gasteiger partial charge in [-0.2, -0.15) is 0 Å². The average molecular weight is 371 g/mol. The molecule has 1 heterocycles. The molecule has 6 heteroatoms. The zero-order valence-electron chi connectivity index (χ0n) is 15.9. The summed E-state index contributed by atoms with van der Waals surface area (Å²) in [6, 6.07) is 8.02. The number of phenols is 3. The van der Waals surface area contributed by atoms with Crippen molar-refractivity contribution >= 4 is 11.6 Å². The van der Waals surface area contributed by atoms with E-state index in [1.807, 2.05) is 32.0 Å². The fourth-order valence-corrected chi connectivity index (χ4v) is 3.23. The molecule has 0 aromatic heterocycles. The molecular formula is C21H25NO5. The Morgan fingerprint density at radius 2 is 1.74 bits per heavy atom. The van der Waals surface area contributed by atoms with E-state index in [4.69, 9.17) is 4.74 Å². The number of carbonyl (C=O) groups is 1. The second kappa shape index (κ2) is 7.02. The minimum atomic E-state index is -0.643. The van der Waals surface area contributed by atoms with Crippen molar-refractivity contribution in [2.75, 3.05) is 11.4 Å². The highest BCUT2D eigenvalue weighted by atomic mass is 16.5. The lowest BCUT2D eigenvalue weighted by molar-refractivity contribution is 0.0927. The van der Waals surface area contributed by atoms with E-state index in [1.54, 1.807) is 4.90 Å². The van der Waals surface area contributed by atoms with Crippen molar-refractivity contribution in [3.63, 3.8) is 0 Å². The molecule has 1 amide bonds. The van der Waals surface area contributed by atoms with E-state index in [1.165, 1.54) is 0 Å². The van der Waals surface area contributed by atoms with Crippen molar-refractivity contribution in [1.82, 2.24) is 0 Å². The molecule has 0 saturated carbocycles. The van der Waals surface area contributed by atoms with Gasteiger partial charge in [0.05, 0.1) is 12.2 Å². The first-order valence-electron chi connectivity index (χ1n) is 9.07. The Bertz CT molecular complexity index is 852. The minimum Gasteiger partial charge on any atom is -0.504 e. The van der Waals surface area contributed by atoms with Gasteiger partial charge in [-0.3, -0.25) is 4.79 Å². The first-order chi connectivity index (χ1) is 12.7. The quantitative estimate of drug-likeness (QED) is 0.710. The van der Waals surface area contributed by atoms with Gasteiger partial charge in [0.2, 0.25) is 0 Å². The van der Waals surface area contributed by atoms with Crippen LogP contribution in [0.5, 0.6) is 23.0 Å². The predicted octanol–water partition coefficient (Wildman–Crippen LogP) is 3.99. The number of benzene rings is 2. The van der Waals surface area contributed by atoms with E-state index in [-0.39, 0.29) is 29.4 Å². The van der Waals surface area contributed by atoms with Gasteiger partial charge in [0.1, 0.15) is 11.9 Å². The lowest BCUT2D eigenvalue weighted by atomic mass is 9.97. The summed E-state index contributed by atoms with van der Waals surface area (Å²) in [6.07, 6.45) is -0.180. The van der Waals surface area contributed by atoms with Crippen LogP contribution in [0, 0.1) is 5.92 Å². The molecule has 144 valence electrons. The number of fused-ring (bicyclic) bond motifs is 1. The fourth-order valence-electron chi connectivity index (χ4n) is 3.23. The second-order valence-electron chi connectivity index (χ2n) is 7.53. The number of rotatable bonds is 3. The van der Waals surface area contributed by atoms with Crippen molar-refractivity contribution in [1.29, 1.82) is 0 Å². The summed E-state index contributed by atoms with van der Waals surface area (Å²) in [5.74, 6) is -0.989. The summed E-state index contributed by atoms with van der Waals surface area (Å²) in [6.45, 7) is 8.57. The maximum absolute atomic E-state index is 13.2. The van der Waals surface area contributed by atoms with Crippen LogP contribution < -0.4 is 9.64 Å². The third kappa shape index (κ3) is 3.39. The van der Waals surface area contributed by atoms with Crippen LogP contribution in [0.2, 0.25) is 0 Å². The highest BCUT2D eigenvalue weighted by Crippen LogP contribution is 2.42. The van der Waals surface area contributed by atoms with Crippen molar-refractivity contribution < 1.29 is 24.9 Å². The smallest absolute Gasteiger partial charge is 0.258 e. The zero-order valence-corrected chi connectivity index (χ0v) is 15.9. The summed E-state index contributed by atoms with van der Waals surface area (Å²) < 4.78 is 6.24. The van der Waals surface area contributed by atoms with E-state index in [0.29, 0.717) is 18.0 Å². The molecule has 2 aromatic rings. The van der Waals surface area contributed by atoms with Gasteiger partial charge in [-0.1, -0.05) is 39.8 Å². The Kier molecular flexibility index (Phi) is 4.91. The molecule has 3 rings (SSSR count). The second-order valence-corrected chi connectivity index (χ2v) is 7.53. The van der Waals surface area contributed by atoms with Gasteiger partial charge in [0.25, 0.3) is 5.91 Å². The maximum atomic E-state index is 13.2. The van der Waals surface area contributed by atoms with E-state index in [9.17, 15) is 20.1 Å². The SMILES string of the molecule is CC(C)c1cccc2c1OC(C(C)C)CN2C(=O)c1cc(O)c(O)c(O)c1. The van der Waals surface area contributed by atoms with Gasteiger partial charge in [-0.05, 0) is 35.6 Å². The molecule has 3 N–H and O–H groups in total. The molecule has 1 aliphatic heterocycles. The van der Waals surface area contributed by atoms with Crippen LogP contribution >= 0.6 is 0 Å². The van der Waals surface area contributed by atoms with Crippen LogP contribution in [0.25, 0.3) is 0 Å². The van der Waals surface area contributed by atoms with Crippen LogP contribution in [-0.4, -0.2) is 33.9 Å². The van der Waals surface area contributed by atoms with Gasteiger partial charge in [0, 0.05) is 5.56 Å². The van der Waals surface area contributed by atoms with E-state index in [2.05, 4.69) is 13.8 Å². The van der Waals surface area contributed by atoms with Gasteiger partial charge >= 0.3 is 0 Å². The molecule has 6 nitrogen and oxygen atoms in total. The molecule has 1 unspecified atom stereocenters. The molecule has 2 aromatic carbocycles. The molecule has 0 radical (unpaired) electrons. The molecule has 0 spiro atoms. The molecule has 0 aliphatic carbocycles. The van der Waals surface area contributed by atoms with Gasteiger partial charge < -0.3 is 25.0 Å². The Hall–Kier alpha value is -2.89. The number of phenolic OH excluding ortho intramolecular Hbond substituents is 3. The predicted molar refractivity (Wildman–Crippen MR) is 103 cm³/mol. The third-order valence-corrected chi connectivity index (χ3v) is 4.87. The molecular weight excluding hydrogens is 346 g/mol. The zero-order chi connectivity index (χ0) is 19.9. The summed E-state index contributed by atoms with van der Waals surface area (Å²) in [7, 11) is 0. The number of hydrogen-bond donors (Lipinski definition) is 3. The van der Waals surface area contributed by atoms with Crippen molar-refractivity contribution in [2.24, 2.45) is 5.92 Å².